The van der Waals surface area contributed by atoms with Gasteiger partial charge in [0.1, 0.15) is 0 Å². The van der Waals surface area contributed by atoms with Gasteiger partial charge in [-0.05, 0) is 6.42 Å². The number of rotatable bonds is 9. The van der Waals surface area contributed by atoms with Crippen LogP contribution in [0.4, 0.5) is 0 Å². The van der Waals surface area contributed by atoms with Gasteiger partial charge in [0.15, 0.2) is 0 Å². The lowest BCUT2D eigenvalue weighted by Crippen LogP contribution is -2.34. The molecule has 0 aliphatic heterocycles. The predicted octanol–water partition coefficient (Wildman–Crippen LogP) is 1.55. The highest BCUT2D eigenvalue weighted by Gasteiger charge is 2.04. The Morgan fingerprint density at radius 3 is 2.57 bits per heavy atom. The summed E-state index contributed by atoms with van der Waals surface area (Å²) in [5.74, 6) is 0. The first-order valence-electron chi connectivity index (χ1n) is 5.66. The second-order valence-electron chi connectivity index (χ2n) is 4.00. The normalized spacial score (nSPS) is 13.5. The zero-order valence-electron chi connectivity index (χ0n) is 9.75. The molecular formula is C11H25NO2. The van der Waals surface area contributed by atoms with Crippen molar-refractivity contribution in [2.24, 2.45) is 0 Å². The van der Waals surface area contributed by atoms with Gasteiger partial charge in [-0.15, -0.1) is 0 Å². The number of unbranched alkanes of at least 4 members (excludes halogenated alkanes) is 2. The van der Waals surface area contributed by atoms with Crippen LogP contribution in [-0.2, 0) is 4.74 Å². The Morgan fingerprint density at radius 2 is 2.00 bits per heavy atom. The summed E-state index contributed by atoms with van der Waals surface area (Å²) in [6.07, 6.45) is 3.14. The number of ether oxygens (including phenoxy) is 1. The molecule has 0 aromatic rings. The van der Waals surface area contributed by atoms with Crippen LogP contribution in [0.2, 0.25) is 0 Å². The molecule has 0 aromatic heterocycles. The van der Waals surface area contributed by atoms with Gasteiger partial charge < -0.3 is 15.2 Å². The Balaban J connectivity index is 3.14. The maximum atomic E-state index is 9.47. The van der Waals surface area contributed by atoms with Crippen molar-refractivity contribution in [2.45, 2.75) is 52.2 Å². The summed E-state index contributed by atoms with van der Waals surface area (Å²) in [5, 5.41) is 12.6. The third kappa shape index (κ3) is 9.96. The van der Waals surface area contributed by atoms with Gasteiger partial charge in [-0.3, -0.25) is 0 Å². The Bertz CT molecular complexity index is 118. The maximum absolute atomic E-state index is 9.47. The molecule has 2 N–H and O–H groups in total. The van der Waals surface area contributed by atoms with Gasteiger partial charge in [-0.25, -0.2) is 0 Å². The summed E-state index contributed by atoms with van der Waals surface area (Å²) < 4.78 is 5.34. The predicted molar refractivity (Wildman–Crippen MR) is 59.5 cm³/mol. The number of hydrogen-bond donors (Lipinski definition) is 2. The Kier molecular flexibility index (Phi) is 9.35. The lowest BCUT2D eigenvalue weighted by atomic mass is 10.3. The molecule has 86 valence electrons. The summed E-state index contributed by atoms with van der Waals surface area (Å²) in [6.45, 7) is 8.13. The van der Waals surface area contributed by atoms with Gasteiger partial charge in [-0.1, -0.05) is 33.6 Å². The Morgan fingerprint density at radius 1 is 1.29 bits per heavy atom. The third-order valence-corrected chi connectivity index (χ3v) is 1.96. The molecule has 3 nitrogen and oxygen atoms in total. The summed E-state index contributed by atoms with van der Waals surface area (Å²) in [7, 11) is 0. The monoisotopic (exact) mass is 203 g/mol. The number of nitrogens with one attached hydrogen (secondary N) is 1. The van der Waals surface area contributed by atoms with Crippen LogP contribution in [-0.4, -0.2) is 37.0 Å². The van der Waals surface area contributed by atoms with Crippen LogP contribution in [0, 0.1) is 0 Å². The van der Waals surface area contributed by atoms with E-state index in [0.29, 0.717) is 19.2 Å². The molecule has 0 fully saturated rings. The SMILES string of the molecule is CCCCCOCC(O)CNC(C)C. The molecule has 0 spiro atoms. The fourth-order valence-electron chi connectivity index (χ4n) is 1.10. The number of aliphatic hydroxyl groups is 1. The lowest BCUT2D eigenvalue weighted by Gasteiger charge is -2.14. The lowest BCUT2D eigenvalue weighted by molar-refractivity contribution is 0.0347. The first-order chi connectivity index (χ1) is 6.66. The van der Waals surface area contributed by atoms with E-state index in [4.69, 9.17) is 4.74 Å². The third-order valence-electron chi connectivity index (χ3n) is 1.96. The molecule has 1 atom stereocenters. The Labute approximate surface area is 87.8 Å². The molecule has 0 aromatic carbocycles. The minimum absolute atomic E-state index is 0.376. The molecule has 0 aliphatic rings. The second-order valence-corrected chi connectivity index (χ2v) is 4.00. The molecule has 0 radical (unpaired) electrons. The zero-order chi connectivity index (χ0) is 10.8. The van der Waals surface area contributed by atoms with E-state index < -0.39 is 0 Å². The van der Waals surface area contributed by atoms with Crippen LogP contribution in [0.25, 0.3) is 0 Å². The van der Waals surface area contributed by atoms with Crippen LogP contribution < -0.4 is 5.32 Å². The summed E-state index contributed by atoms with van der Waals surface area (Å²) in [6, 6.07) is 0.421. The first-order valence-corrected chi connectivity index (χ1v) is 5.66. The van der Waals surface area contributed by atoms with Crippen LogP contribution in [0.1, 0.15) is 40.0 Å². The van der Waals surface area contributed by atoms with E-state index in [-0.39, 0.29) is 6.10 Å². The van der Waals surface area contributed by atoms with Gasteiger partial charge in [0.2, 0.25) is 0 Å². The van der Waals surface area contributed by atoms with Crippen molar-refractivity contribution in [3.8, 4) is 0 Å². The molecule has 14 heavy (non-hydrogen) atoms. The highest BCUT2D eigenvalue weighted by atomic mass is 16.5. The van der Waals surface area contributed by atoms with E-state index >= 15 is 0 Å². The van der Waals surface area contributed by atoms with Crippen LogP contribution >= 0.6 is 0 Å². The van der Waals surface area contributed by atoms with Crippen molar-refractivity contribution in [3.05, 3.63) is 0 Å². The van der Waals surface area contributed by atoms with Gasteiger partial charge >= 0.3 is 0 Å². The summed E-state index contributed by atoms with van der Waals surface area (Å²) in [4.78, 5) is 0. The molecule has 0 bridgehead atoms. The largest absolute Gasteiger partial charge is 0.389 e. The molecule has 0 saturated heterocycles. The molecule has 0 saturated carbocycles. The number of aliphatic hydroxyl groups excluding tert-OH is 1. The maximum Gasteiger partial charge on any atom is 0.0897 e. The second kappa shape index (κ2) is 9.44. The highest BCUT2D eigenvalue weighted by Crippen LogP contribution is 1.95. The fourth-order valence-corrected chi connectivity index (χ4v) is 1.10. The van der Waals surface area contributed by atoms with Gasteiger partial charge in [0.05, 0.1) is 12.7 Å². The van der Waals surface area contributed by atoms with E-state index in [1.165, 1.54) is 12.8 Å². The van der Waals surface area contributed by atoms with E-state index in [9.17, 15) is 5.11 Å². The Hall–Kier alpha value is -0.120. The molecule has 0 amide bonds. The topological polar surface area (TPSA) is 41.5 Å². The van der Waals surface area contributed by atoms with Gasteiger partial charge in [0, 0.05) is 19.2 Å². The van der Waals surface area contributed by atoms with Gasteiger partial charge in [0.25, 0.3) is 0 Å². The average molecular weight is 203 g/mol. The highest BCUT2D eigenvalue weighted by molar-refractivity contribution is 4.60. The van der Waals surface area contributed by atoms with Crippen molar-refractivity contribution in [1.29, 1.82) is 0 Å². The minimum atomic E-state index is -0.376. The molecule has 0 heterocycles. The standard InChI is InChI=1S/C11H25NO2/c1-4-5-6-7-14-9-11(13)8-12-10(2)3/h10-13H,4-9H2,1-3H3. The summed E-state index contributed by atoms with van der Waals surface area (Å²) in [5.41, 5.74) is 0. The summed E-state index contributed by atoms with van der Waals surface area (Å²) >= 11 is 0. The molecule has 1 unspecified atom stereocenters. The minimum Gasteiger partial charge on any atom is -0.389 e. The molecular weight excluding hydrogens is 178 g/mol. The van der Waals surface area contributed by atoms with Crippen LogP contribution in [0.15, 0.2) is 0 Å². The van der Waals surface area contributed by atoms with Crippen molar-refractivity contribution >= 4 is 0 Å². The molecule has 0 rings (SSSR count). The van der Waals surface area contributed by atoms with Crippen molar-refractivity contribution < 1.29 is 9.84 Å². The van der Waals surface area contributed by atoms with E-state index in [2.05, 4.69) is 26.1 Å². The quantitative estimate of drug-likeness (QED) is 0.559. The van der Waals surface area contributed by atoms with Crippen LogP contribution in [0.5, 0.6) is 0 Å². The van der Waals surface area contributed by atoms with E-state index in [0.717, 1.165) is 13.0 Å². The molecule has 0 aliphatic carbocycles. The fraction of sp³-hybridized carbons (Fsp3) is 1.00. The van der Waals surface area contributed by atoms with Crippen molar-refractivity contribution in [1.82, 2.24) is 5.32 Å². The van der Waals surface area contributed by atoms with Crippen molar-refractivity contribution in [2.75, 3.05) is 19.8 Å². The number of hydrogen-bond acceptors (Lipinski definition) is 3. The van der Waals surface area contributed by atoms with E-state index in [1.807, 2.05) is 0 Å². The average Bonchev–Trinajstić information content (AvgIpc) is 2.14. The molecule has 3 heteroatoms. The smallest absolute Gasteiger partial charge is 0.0897 e. The van der Waals surface area contributed by atoms with Crippen molar-refractivity contribution in [3.63, 3.8) is 0 Å². The zero-order valence-corrected chi connectivity index (χ0v) is 9.75. The van der Waals surface area contributed by atoms with E-state index in [1.54, 1.807) is 0 Å². The van der Waals surface area contributed by atoms with Gasteiger partial charge in [-0.2, -0.15) is 0 Å². The first kappa shape index (κ1) is 13.9. The van der Waals surface area contributed by atoms with Crippen LogP contribution in [0.3, 0.4) is 0 Å².